The van der Waals surface area contributed by atoms with E-state index in [0.29, 0.717) is 0 Å². The predicted octanol–water partition coefficient (Wildman–Crippen LogP) is 0.940. The molecule has 0 amide bonds. The van der Waals surface area contributed by atoms with E-state index in [0.717, 1.165) is 5.03 Å². The normalized spacial score (nSPS) is 8.67. The van der Waals surface area contributed by atoms with Crippen molar-refractivity contribution in [2.75, 3.05) is 6.26 Å². The van der Waals surface area contributed by atoms with Crippen LogP contribution in [0.4, 0.5) is 0 Å². The van der Waals surface area contributed by atoms with Crippen LogP contribution >= 0.6 is 11.8 Å². The third-order valence-electron chi connectivity index (χ3n) is 0.833. The topological polar surface area (TPSA) is 17.8 Å². The zero-order chi connectivity index (χ0) is 5.98. The maximum Gasteiger partial charge on any atom is 2.00 e. The second-order valence-corrected chi connectivity index (χ2v) is 2.27. The molecule has 0 aliphatic heterocycles. The van der Waals surface area contributed by atoms with Crippen molar-refractivity contribution in [2.45, 2.75) is 5.03 Å². The molecule has 0 unspecified atom stereocenters. The summed E-state index contributed by atoms with van der Waals surface area (Å²) in [6.07, 6.45) is 4.90. The second kappa shape index (κ2) is 4.04. The maximum absolute atomic E-state index is 4.05. The zero-order valence-corrected chi connectivity index (χ0v) is 7.54. The molecular weight excluding hydrogens is 171 g/mol. The van der Waals surface area contributed by atoms with E-state index in [4.69, 9.17) is 0 Å². The van der Waals surface area contributed by atoms with Crippen LogP contribution in [0.5, 0.6) is 0 Å². The van der Waals surface area contributed by atoms with Gasteiger partial charge in [-0.25, -0.2) is 11.8 Å². The fraction of sp³-hybridized carbons (Fsp3) is 0.400. The summed E-state index contributed by atoms with van der Waals surface area (Å²) in [7, 11) is 1.86. The van der Waals surface area contributed by atoms with Gasteiger partial charge in [0.25, 0.3) is 0 Å². The molecule has 0 saturated carbocycles. The molecule has 0 aliphatic carbocycles. The van der Waals surface area contributed by atoms with Gasteiger partial charge in [0.2, 0.25) is 0 Å². The van der Waals surface area contributed by atoms with Gasteiger partial charge in [-0.05, 0) is 11.3 Å². The number of rotatable bonds is 1. The van der Waals surface area contributed by atoms with Crippen molar-refractivity contribution in [3.8, 4) is 0 Å². The van der Waals surface area contributed by atoms with Gasteiger partial charge < -0.3 is 4.68 Å². The van der Waals surface area contributed by atoms with E-state index in [-0.39, 0.29) is 18.6 Å². The van der Waals surface area contributed by atoms with Gasteiger partial charge in [0.15, 0.2) is 0 Å². The Hall–Kier alpha value is 0.144. The molecule has 1 heterocycles. The second-order valence-electron chi connectivity index (χ2n) is 1.44. The monoisotopic (exact) mass is 178 g/mol. The quantitative estimate of drug-likeness (QED) is 0.470. The van der Waals surface area contributed by atoms with Crippen LogP contribution in [0, 0.1) is 6.20 Å². The fourth-order valence-electron chi connectivity index (χ4n) is 0.454. The third kappa shape index (κ3) is 2.48. The van der Waals surface area contributed by atoms with Crippen molar-refractivity contribution >= 4 is 11.8 Å². The molecule has 1 rings (SSSR count). The minimum atomic E-state index is 0. The van der Waals surface area contributed by atoms with Crippen molar-refractivity contribution in [1.82, 2.24) is 9.78 Å². The molecule has 0 spiro atoms. The molecule has 0 N–H and O–H groups in total. The number of aryl methyl sites for hydroxylation is 1. The summed E-state index contributed by atoms with van der Waals surface area (Å²) >= 11 is 1.63. The minimum absolute atomic E-state index is 0. The van der Waals surface area contributed by atoms with Crippen LogP contribution in [0.1, 0.15) is 0 Å². The van der Waals surface area contributed by atoms with Crippen LogP contribution in [0.25, 0.3) is 0 Å². The van der Waals surface area contributed by atoms with E-state index >= 15 is 0 Å². The number of hydrogen-bond acceptors (Lipinski definition) is 2. The summed E-state index contributed by atoms with van der Waals surface area (Å²) in [5.74, 6) is 0. The van der Waals surface area contributed by atoms with E-state index in [9.17, 15) is 0 Å². The summed E-state index contributed by atoms with van der Waals surface area (Å²) in [4.78, 5) is 0. The van der Waals surface area contributed by atoms with Gasteiger partial charge in [-0.3, -0.25) is 5.10 Å². The van der Waals surface area contributed by atoms with Crippen LogP contribution < -0.4 is 0 Å². The summed E-state index contributed by atoms with van der Waals surface area (Å²) in [6.45, 7) is 0. The van der Waals surface area contributed by atoms with Gasteiger partial charge in [0, 0.05) is 7.05 Å². The molecule has 0 aliphatic rings. The van der Waals surface area contributed by atoms with E-state index in [1.54, 1.807) is 16.4 Å². The maximum atomic E-state index is 4.05. The first-order valence-electron chi connectivity index (χ1n) is 2.28. The van der Waals surface area contributed by atoms with Crippen LogP contribution in [0.15, 0.2) is 11.1 Å². The molecule has 0 atom stereocenters. The Bertz CT molecular complexity index is 175. The average molecular weight is 178 g/mol. The van der Waals surface area contributed by atoms with Gasteiger partial charge in [-0.15, -0.1) is 6.20 Å². The van der Waals surface area contributed by atoms with Gasteiger partial charge in [0.1, 0.15) is 0 Å². The smallest absolute Gasteiger partial charge is 0.378 e. The number of nitrogens with zero attached hydrogens (tertiary/aromatic N) is 2. The van der Waals surface area contributed by atoms with Crippen molar-refractivity contribution < 1.29 is 18.6 Å². The Morgan fingerprint density at radius 1 is 1.78 bits per heavy atom. The van der Waals surface area contributed by atoms with Gasteiger partial charge in [0.05, 0.1) is 0 Å². The molecule has 47 valence electrons. The summed E-state index contributed by atoms with van der Waals surface area (Å²) < 4.78 is 1.67. The van der Waals surface area contributed by atoms with E-state index in [1.165, 1.54) is 0 Å². The summed E-state index contributed by atoms with van der Waals surface area (Å²) in [5, 5.41) is 5.07. The largest absolute Gasteiger partial charge is 2.00 e. The molecule has 0 saturated heterocycles. The Morgan fingerprint density at radius 3 is 2.67 bits per heavy atom. The molecule has 1 radical (unpaired) electrons. The Morgan fingerprint density at radius 2 is 2.44 bits per heavy atom. The average Bonchev–Trinajstić information content (AvgIpc) is 2.14. The summed E-state index contributed by atoms with van der Waals surface area (Å²) in [6, 6.07) is 1.87. The van der Waals surface area contributed by atoms with Gasteiger partial charge >= 0.3 is 18.6 Å². The molecule has 4 heteroatoms. The number of aromatic nitrogens is 2. The van der Waals surface area contributed by atoms with E-state index < -0.39 is 0 Å². The first-order valence-corrected chi connectivity index (χ1v) is 3.51. The number of thioether (sulfide) groups is 1. The van der Waals surface area contributed by atoms with Crippen LogP contribution in [-0.2, 0) is 25.6 Å². The number of hydrogen-bond donors (Lipinski definition) is 0. The van der Waals surface area contributed by atoms with Crippen LogP contribution in [0.2, 0.25) is 0 Å². The van der Waals surface area contributed by atoms with Crippen molar-refractivity contribution in [3.63, 3.8) is 0 Å². The van der Waals surface area contributed by atoms with Crippen LogP contribution in [-0.4, -0.2) is 16.0 Å². The zero-order valence-electron chi connectivity index (χ0n) is 5.33. The molecule has 1 aromatic rings. The van der Waals surface area contributed by atoms with Crippen molar-refractivity contribution in [1.29, 1.82) is 0 Å². The molecule has 1 aromatic heterocycles. The van der Waals surface area contributed by atoms with E-state index in [1.807, 2.05) is 19.4 Å². The van der Waals surface area contributed by atoms with Crippen molar-refractivity contribution in [3.05, 3.63) is 12.3 Å². The van der Waals surface area contributed by atoms with Crippen molar-refractivity contribution in [2.24, 2.45) is 7.05 Å². The molecule has 9 heavy (non-hydrogen) atoms. The Balaban J connectivity index is 0.000000640. The first kappa shape index (κ1) is 9.14. The molecule has 0 fully saturated rings. The molecule has 0 bridgehead atoms. The standard InChI is InChI=1S/C5H7N2S.V/c1-7-4-3-5(6-7)8-2;/h3H,1-2H3;/q-1;+2. The van der Waals surface area contributed by atoms with Crippen LogP contribution in [0.3, 0.4) is 0 Å². The summed E-state index contributed by atoms with van der Waals surface area (Å²) in [5.41, 5.74) is 0. The van der Waals surface area contributed by atoms with E-state index in [2.05, 4.69) is 11.3 Å². The van der Waals surface area contributed by atoms with Gasteiger partial charge in [-0.2, -0.15) is 6.07 Å². The Kier molecular flexibility index (Phi) is 4.10. The first-order chi connectivity index (χ1) is 3.83. The Labute approximate surface area is 70.9 Å². The van der Waals surface area contributed by atoms with Gasteiger partial charge in [-0.1, -0.05) is 0 Å². The fourth-order valence-corrected chi connectivity index (χ4v) is 0.829. The molecule has 2 nitrogen and oxygen atoms in total. The predicted molar refractivity (Wildman–Crippen MR) is 33.8 cm³/mol. The third-order valence-corrected chi connectivity index (χ3v) is 1.45. The molecular formula is C5H7N2SV+. The minimum Gasteiger partial charge on any atom is -0.378 e. The SMILES string of the molecule is CSc1c[c-]n(C)n1.[V+2]. The molecule has 0 aromatic carbocycles.